The number of nitrogens with zero attached hydrogens (tertiary/aromatic N) is 1. The number of alkyl carbamates (subject to hydrolysis) is 1. The standard InChI is InChI=1S/C47H52N9O12P/c1-29(42(48)57)52-43(58)39(21-33-23-50-37-15-9-8-14-36(33)37)54-46(61)41(27-68-69(63,64)65)55-44(59)38(20-30-16-18-35(19-17-30)66-25-31-10-4-2-5-11-31)53-45(60)40(22-34-24-49-28-51-34)56-47(62)67-26-32-12-6-3-7-13-32/h2-19,23-24,28-29,38-41,50H,20-22,25-27H2,1H3,(H2,48,57)(H,49,51)(H,52,58)(H,53,60)(H,54,61)(H,55,59)(H,56,62)(H2,63,64,65)/t29-,38+,39+,40+,41+/m0/s1. The summed E-state index contributed by atoms with van der Waals surface area (Å²) in [7, 11) is -5.28. The van der Waals surface area contributed by atoms with Gasteiger partial charge >= 0.3 is 13.9 Å². The summed E-state index contributed by atoms with van der Waals surface area (Å²) in [5, 5.41) is 13.3. The van der Waals surface area contributed by atoms with E-state index in [0.717, 1.165) is 11.1 Å². The van der Waals surface area contributed by atoms with E-state index in [-0.39, 0.29) is 32.5 Å². The largest absolute Gasteiger partial charge is 0.489 e. The van der Waals surface area contributed by atoms with Crippen LogP contribution in [0.4, 0.5) is 4.79 Å². The Bertz CT molecular complexity index is 2720. The van der Waals surface area contributed by atoms with E-state index in [2.05, 4.69) is 41.5 Å². The van der Waals surface area contributed by atoms with Gasteiger partial charge in [-0.1, -0.05) is 91.0 Å². The fourth-order valence-corrected chi connectivity index (χ4v) is 7.27. The van der Waals surface area contributed by atoms with Crippen LogP contribution >= 0.6 is 7.82 Å². The molecular formula is C47H52N9O12P. The fourth-order valence-electron chi connectivity index (χ4n) is 6.93. The van der Waals surface area contributed by atoms with Crippen LogP contribution in [0.5, 0.6) is 5.75 Å². The van der Waals surface area contributed by atoms with Crippen LogP contribution in [0.2, 0.25) is 0 Å². The predicted molar refractivity (Wildman–Crippen MR) is 249 cm³/mol. The van der Waals surface area contributed by atoms with Crippen molar-refractivity contribution in [1.82, 2.24) is 41.5 Å². The number of aromatic amines is 2. The monoisotopic (exact) mass is 965 g/mol. The summed E-state index contributed by atoms with van der Waals surface area (Å²) >= 11 is 0. The minimum atomic E-state index is -5.28. The molecular weight excluding hydrogens is 914 g/mol. The van der Waals surface area contributed by atoms with Crippen LogP contribution in [0, 0.1) is 0 Å². The average Bonchev–Trinajstić information content (AvgIpc) is 4.01. The van der Waals surface area contributed by atoms with Crippen molar-refractivity contribution < 1.29 is 57.1 Å². The van der Waals surface area contributed by atoms with Gasteiger partial charge in [-0.15, -0.1) is 0 Å². The molecule has 0 fully saturated rings. The molecule has 0 aliphatic heterocycles. The molecule has 2 aromatic heterocycles. The maximum absolute atomic E-state index is 14.5. The molecule has 22 heteroatoms. The Morgan fingerprint density at radius 2 is 1.22 bits per heavy atom. The van der Waals surface area contributed by atoms with E-state index >= 15 is 0 Å². The normalized spacial score (nSPS) is 13.4. The third-order valence-corrected chi connectivity index (χ3v) is 11.1. The number of nitrogens with two attached hydrogens (primary N) is 1. The molecule has 0 saturated carbocycles. The Hall–Kier alpha value is -7.84. The van der Waals surface area contributed by atoms with E-state index in [1.165, 1.54) is 19.4 Å². The number of hydrogen-bond acceptors (Lipinski definition) is 11. The second kappa shape index (κ2) is 24.3. The van der Waals surface area contributed by atoms with E-state index in [4.69, 9.17) is 19.7 Å². The lowest BCUT2D eigenvalue weighted by Crippen LogP contribution is -2.60. The van der Waals surface area contributed by atoms with E-state index in [0.29, 0.717) is 33.5 Å². The smallest absolute Gasteiger partial charge is 0.469 e. The van der Waals surface area contributed by atoms with Crippen molar-refractivity contribution in [3.05, 3.63) is 156 Å². The van der Waals surface area contributed by atoms with Gasteiger partial charge in [0.2, 0.25) is 29.5 Å². The molecule has 6 amide bonds. The first-order valence-electron chi connectivity index (χ1n) is 21.6. The molecule has 4 aromatic carbocycles. The maximum atomic E-state index is 14.5. The lowest BCUT2D eigenvalue weighted by atomic mass is 10.0. The molecule has 21 nitrogen and oxygen atoms in total. The molecule has 0 saturated heterocycles. The second-order valence-electron chi connectivity index (χ2n) is 15.8. The molecule has 0 spiro atoms. The number of hydrogen-bond donors (Lipinski definition) is 10. The Balaban J connectivity index is 1.26. The highest BCUT2D eigenvalue weighted by Gasteiger charge is 2.34. The van der Waals surface area contributed by atoms with Gasteiger partial charge in [-0.05, 0) is 47.4 Å². The zero-order valence-electron chi connectivity index (χ0n) is 37.2. The number of nitrogens with one attached hydrogen (secondary N) is 7. The highest BCUT2D eigenvalue weighted by atomic mass is 31.2. The first kappa shape index (κ1) is 50.6. The number of phosphoric ester groups is 1. The van der Waals surface area contributed by atoms with Gasteiger partial charge in [0.25, 0.3) is 0 Å². The molecule has 0 aliphatic carbocycles. The Kier molecular flexibility index (Phi) is 17.8. The van der Waals surface area contributed by atoms with E-state index in [1.807, 2.05) is 30.3 Å². The van der Waals surface area contributed by atoms with Crippen LogP contribution in [-0.4, -0.2) is 97.2 Å². The van der Waals surface area contributed by atoms with Crippen molar-refractivity contribution in [1.29, 1.82) is 0 Å². The Labute approximate surface area is 395 Å². The van der Waals surface area contributed by atoms with Gasteiger partial charge in [0, 0.05) is 48.3 Å². The van der Waals surface area contributed by atoms with Crippen molar-refractivity contribution >= 4 is 54.4 Å². The number of phosphoric acid groups is 1. The van der Waals surface area contributed by atoms with Crippen molar-refractivity contribution in [2.24, 2.45) is 5.73 Å². The lowest BCUT2D eigenvalue weighted by Gasteiger charge is -2.27. The van der Waals surface area contributed by atoms with Crippen LogP contribution in [-0.2, 0) is 70.3 Å². The summed E-state index contributed by atoms with van der Waals surface area (Å²) in [4.78, 5) is 111. The number of H-pyrrole nitrogens is 2. The average molecular weight is 966 g/mol. The number of imidazole rings is 1. The zero-order valence-corrected chi connectivity index (χ0v) is 38.1. The van der Waals surface area contributed by atoms with Gasteiger partial charge in [0.05, 0.1) is 12.9 Å². The topological polar surface area (TPSA) is 318 Å². The first-order chi connectivity index (χ1) is 33.1. The molecule has 11 N–H and O–H groups in total. The number of rotatable bonds is 24. The summed E-state index contributed by atoms with van der Waals surface area (Å²) in [6.45, 7) is 0.390. The second-order valence-corrected chi connectivity index (χ2v) is 17.1. The van der Waals surface area contributed by atoms with Crippen LogP contribution in [0.1, 0.15) is 34.9 Å². The molecule has 2 heterocycles. The molecule has 0 bridgehead atoms. The molecule has 6 rings (SSSR count). The van der Waals surface area contributed by atoms with E-state index < -0.39 is 80.3 Å². The molecule has 0 aliphatic rings. The number of amides is 6. The summed E-state index contributed by atoms with van der Waals surface area (Å²) in [5.74, 6) is -4.25. The SMILES string of the molecule is C[C@H](NC(=O)[C@@H](Cc1c[nH]c2ccccc12)NC(=O)[C@@H](COP(=O)(O)O)NC(=O)[C@@H](Cc1ccc(OCc2ccccc2)cc1)NC(=O)[C@@H](Cc1cnc[nH]1)NC(=O)OCc1ccccc1)C(N)=O. The molecule has 0 radical (unpaired) electrons. The number of para-hydroxylation sites is 1. The number of carbonyl (C=O) groups excluding carboxylic acids is 6. The molecule has 6 aromatic rings. The van der Waals surface area contributed by atoms with Crippen molar-refractivity contribution in [2.75, 3.05) is 6.61 Å². The summed E-state index contributed by atoms with van der Waals surface area (Å²) in [5.41, 5.74) is 9.24. The van der Waals surface area contributed by atoms with Gasteiger partial charge in [0.15, 0.2) is 0 Å². The number of fused-ring (bicyclic) bond motifs is 1. The highest BCUT2D eigenvalue weighted by Crippen LogP contribution is 2.35. The summed E-state index contributed by atoms with van der Waals surface area (Å²) in [6.07, 6.45) is 2.97. The van der Waals surface area contributed by atoms with Gasteiger partial charge in [0.1, 0.15) is 49.2 Å². The predicted octanol–water partition coefficient (Wildman–Crippen LogP) is 2.35. The van der Waals surface area contributed by atoms with E-state index in [1.54, 1.807) is 85.1 Å². The van der Waals surface area contributed by atoms with Crippen molar-refractivity contribution in [2.45, 2.75) is 69.6 Å². The number of aromatic nitrogens is 3. The van der Waals surface area contributed by atoms with Gasteiger partial charge in [-0.25, -0.2) is 14.3 Å². The van der Waals surface area contributed by atoms with Crippen LogP contribution in [0.25, 0.3) is 10.9 Å². The third kappa shape index (κ3) is 15.9. The highest BCUT2D eigenvalue weighted by molar-refractivity contribution is 7.46. The Morgan fingerprint density at radius 1 is 0.652 bits per heavy atom. The third-order valence-electron chi connectivity index (χ3n) is 10.6. The lowest BCUT2D eigenvalue weighted by molar-refractivity contribution is -0.135. The first-order valence-corrected chi connectivity index (χ1v) is 23.1. The van der Waals surface area contributed by atoms with Crippen LogP contribution in [0.15, 0.2) is 128 Å². The van der Waals surface area contributed by atoms with Gasteiger partial charge in [-0.3, -0.25) is 28.5 Å². The number of ether oxygens (including phenoxy) is 2. The summed E-state index contributed by atoms with van der Waals surface area (Å²) in [6, 6.07) is 24.6. The van der Waals surface area contributed by atoms with E-state index in [9.17, 15) is 43.1 Å². The quantitative estimate of drug-likeness (QED) is 0.0390. The minimum Gasteiger partial charge on any atom is -0.489 e. The number of primary amides is 1. The molecule has 5 atom stereocenters. The fraction of sp³-hybridized carbons (Fsp3) is 0.255. The zero-order chi connectivity index (χ0) is 49.3. The van der Waals surface area contributed by atoms with Gasteiger partial charge in [-0.2, -0.15) is 0 Å². The summed E-state index contributed by atoms with van der Waals surface area (Å²) < 4.78 is 28.0. The minimum absolute atomic E-state index is 0.115. The molecule has 0 unspecified atom stereocenters. The number of carbonyl (C=O) groups is 6. The maximum Gasteiger partial charge on any atom is 0.469 e. The van der Waals surface area contributed by atoms with Crippen molar-refractivity contribution in [3.8, 4) is 5.75 Å². The number of benzene rings is 4. The Morgan fingerprint density at radius 3 is 1.84 bits per heavy atom. The van der Waals surface area contributed by atoms with Crippen molar-refractivity contribution in [3.63, 3.8) is 0 Å². The van der Waals surface area contributed by atoms with Gasteiger partial charge < -0.3 is 61.5 Å². The molecule has 362 valence electrons. The molecule has 69 heavy (non-hydrogen) atoms. The van der Waals surface area contributed by atoms with Crippen LogP contribution < -0.4 is 37.1 Å². The van der Waals surface area contributed by atoms with Crippen LogP contribution in [0.3, 0.4) is 0 Å².